The van der Waals surface area contributed by atoms with Gasteiger partial charge in [-0.15, -0.1) is 12.4 Å². The lowest BCUT2D eigenvalue weighted by molar-refractivity contribution is -0.153. The van der Waals surface area contributed by atoms with Gasteiger partial charge in [0.25, 0.3) is 0 Å². The number of halogens is 2. The maximum Gasteiger partial charge on any atom is 0.229 e. The first-order valence-corrected chi connectivity index (χ1v) is 12.8. The van der Waals surface area contributed by atoms with E-state index in [2.05, 4.69) is 17.4 Å². The highest BCUT2D eigenvalue weighted by Crippen LogP contribution is 2.47. The van der Waals surface area contributed by atoms with Gasteiger partial charge in [-0.1, -0.05) is 36.9 Å². The summed E-state index contributed by atoms with van der Waals surface area (Å²) < 4.78 is 0. The van der Waals surface area contributed by atoms with Crippen molar-refractivity contribution in [2.45, 2.75) is 102 Å². The van der Waals surface area contributed by atoms with Gasteiger partial charge in [0.15, 0.2) is 0 Å². The van der Waals surface area contributed by atoms with E-state index >= 15 is 0 Å². The molecule has 2 atom stereocenters. The minimum absolute atomic E-state index is 0. The molecular weight excluding hydrogens is 443 g/mol. The van der Waals surface area contributed by atoms with Gasteiger partial charge in [-0.25, -0.2) is 0 Å². The van der Waals surface area contributed by atoms with Gasteiger partial charge in [0.2, 0.25) is 11.8 Å². The van der Waals surface area contributed by atoms with Crippen LogP contribution >= 0.6 is 24.0 Å². The molecule has 6 heteroatoms. The number of hydrogen-bond acceptors (Lipinski definition) is 3. The van der Waals surface area contributed by atoms with Crippen molar-refractivity contribution in [1.29, 1.82) is 0 Å². The van der Waals surface area contributed by atoms with Crippen LogP contribution in [0.2, 0.25) is 5.02 Å². The van der Waals surface area contributed by atoms with E-state index in [4.69, 9.17) is 11.6 Å². The van der Waals surface area contributed by atoms with E-state index < -0.39 is 0 Å². The average Bonchev–Trinajstić information content (AvgIpc) is 3.09. The van der Waals surface area contributed by atoms with Gasteiger partial charge in [-0.3, -0.25) is 14.5 Å². The largest absolute Gasteiger partial charge is 0.310 e. The topological polar surface area (TPSA) is 49.4 Å². The zero-order valence-corrected chi connectivity index (χ0v) is 20.5. The summed E-state index contributed by atoms with van der Waals surface area (Å²) in [6.07, 6.45) is 13.6. The number of nitrogens with zero attached hydrogens (tertiary/aromatic N) is 1. The molecule has 0 bridgehead atoms. The van der Waals surface area contributed by atoms with E-state index in [1.807, 2.05) is 0 Å². The first-order chi connectivity index (χ1) is 15.0. The minimum Gasteiger partial charge on any atom is -0.310 e. The molecule has 1 N–H and O–H groups in total. The molecule has 4 aliphatic rings. The van der Waals surface area contributed by atoms with E-state index in [1.54, 1.807) is 4.90 Å². The highest BCUT2D eigenvalue weighted by molar-refractivity contribution is 6.31. The predicted molar refractivity (Wildman–Crippen MR) is 130 cm³/mol. The van der Waals surface area contributed by atoms with Crippen LogP contribution < -0.4 is 5.32 Å². The molecule has 1 spiro atoms. The first-order valence-electron chi connectivity index (χ1n) is 12.4. The van der Waals surface area contributed by atoms with E-state index in [1.165, 1.54) is 55.2 Å². The second-order valence-corrected chi connectivity index (χ2v) is 10.9. The molecule has 4 nitrogen and oxygen atoms in total. The number of likely N-dealkylation sites (tertiary alicyclic amines) is 1. The van der Waals surface area contributed by atoms with Crippen LogP contribution in [0.1, 0.15) is 99.7 Å². The zero-order chi connectivity index (χ0) is 21.4. The second kappa shape index (κ2) is 10.0. The van der Waals surface area contributed by atoms with Crippen molar-refractivity contribution in [3.05, 3.63) is 33.8 Å². The fourth-order valence-corrected chi connectivity index (χ4v) is 7.06. The maximum atomic E-state index is 12.7. The summed E-state index contributed by atoms with van der Waals surface area (Å²) in [4.78, 5) is 26.9. The molecule has 2 amide bonds. The summed E-state index contributed by atoms with van der Waals surface area (Å²) in [5.41, 5.74) is 4.35. The fraction of sp³-hybridized carbons (Fsp3) is 0.692. The highest BCUT2D eigenvalue weighted by Gasteiger charge is 2.44. The Balaban J connectivity index is 0.00000245. The molecule has 2 unspecified atom stereocenters. The molecule has 1 saturated carbocycles. The van der Waals surface area contributed by atoms with E-state index in [-0.39, 0.29) is 29.6 Å². The number of imide groups is 1. The third kappa shape index (κ3) is 4.74. The molecule has 0 aromatic heterocycles. The average molecular weight is 479 g/mol. The van der Waals surface area contributed by atoms with Crippen LogP contribution in [0.4, 0.5) is 0 Å². The molecule has 176 valence electrons. The molecule has 2 heterocycles. The van der Waals surface area contributed by atoms with Crippen molar-refractivity contribution in [3.63, 3.8) is 0 Å². The van der Waals surface area contributed by atoms with Crippen LogP contribution in [0.5, 0.6) is 0 Å². The van der Waals surface area contributed by atoms with Crippen molar-refractivity contribution >= 4 is 35.8 Å². The number of carbonyl (C=O) groups is 2. The van der Waals surface area contributed by atoms with Crippen molar-refractivity contribution in [3.8, 4) is 0 Å². The Hall–Kier alpha value is -1.10. The summed E-state index contributed by atoms with van der Waals surface area (Å²) in [5.74, 6) is 0.765. The van der Waals surface area contributed by atoms with Gasteiger partial charge in [-0.05, 0) is 85.5 Å². The lowest BCUT2D eigenvalue weighted by atomic mass is 9.76. The number of carbonyl (C=O) groups excluding carboxylic acids is 2. The number of hydrogen-bond donors (Lipinski definition) is 1. The molecule has 1 aromatic rings. The fourth-order valence-electron chi connectivity index (χ4n) is 6.83. The predicted octanol–water partition coefficient (Wildman–Crippen LogP) is 5.92. The number of rotatable bonds is 5. The minimum atomic E-state index is 0. The number of unbranched alkanes of at least 4 members (excludes halogenated alkanes) is 1. The Kier molecular flexibility index (Phi) is 7.53. The number of aryl methyl sites for hydroxylation is 1. The van der Waals surface area contributed by atoms with Crippen LogP contribution in [0.25, 0.3) is 0 Å². The molecule has 32 heavy (non-hydrogen) atoms. The Bertz CT molecular complexity index is 846. The normalized spacial score (nSPS) is 26.6. The quantitative estimate of drug-likeness (QED) is 0.421. The Labute approximate surface area is 203 Å². The summed E-state index contributed by atoms with van der Waals surface area (Å²) in [5, 5.41) is 4.66. The summed E-state index contributed by atoms with van der Waals surface area (Å²) in [6, 6.07) is 4.78. The smallest absolute Gasteiger partial charge is 0.229 e. The van der Waals surface area contributed by atoms with Gasteiger partial charge in [0.1, 0.15) is 0 Å². The monoisotopic (exact) mass is 478 g/mol. The van der Waals surface area contributed by atoms with Gasteiger partial charge < -0.3 is 5.32 Å². The molecule has 1 aromatic carbocycles. The molecule has 0 radical (unpaired) electrons. The van der Waals surface area contributed by atoms with Crippen LogP contribution in [0.3, 0.4) is 0 Å². The van der Waals surface area contributed by atoms with Crippen LogP contribution in [-0.4, -0.2) is 29.3 Å². The third-order valence-electron chi connectivity index (χ3n) is 8.44. The van der Waals surface area contributed by atoms with Crippen LogP contribution in [-0.2, 0) is 22.6 Å². The molecule has 1 saturated heterocycles. The maximum absolute atomic E-state index is 12.7. The third-order valence-corrected chi connectivity index (χ3v) is 8.79. The molecule has 5 rings (SSSR count). The van der Waals surface area contributed by atoms with Crippen molar-refractivity contribution in [1.82, 2.24) is 10.2 Å². The van der Waals surface area contributed by atoms with E-state index in [0.717, 1.165) is 43.7 Å². The van der Waals surface area contributed by atoms with E-state index in [0.29, 0.717) is 31.3 Å². The molecular formula is C26H36Cl2N2O2. The Morgan fingerprint density at radius 1 is 1.06 bits per heavy atom. The number of nitrogens with one attached hydrogen (secondary N) is 1. The first kappa shape index (κ1) is 24.0. The van der Waals surface area contributed by atoms with Crippen molar-refractivity contribution < 1.29 is 9.59 Å². The molecule has 2 aliphatic heterocycles. The summed E-state index contributed by atoms with van der Waals surface area (Å²) in [7, 11) is 0. The van der Waals surface area contributed by atoms with E-state index in [9.17, 15) is 9.59 Å². The van der Waals surface area contributed by atoms with Crippen molar-refractivity contribution in [2.75, 3.05) is 6.54 Å². The summed E-state index contributed by atoms with van der Waals surface area (Å²) >= 11 is 6.56. The second-order valence-electron chi connectivity index (χ2n) is 10.5. The van der Waals surface area contributed by atoms with Gasteiger partial charge in [-0.2, -0.15) is 0 Å². The lowest BCUT2D eigenvalue weighted by Gasteiger charge is -2.37. The standard InChI is InChI=1S/C26H35ClN2O2.ClH/c27-22-10-9-18-6-5-7-19-14-20(28-17-21(22)25(18)19)8-1-4-13-29-23(30)15-26(16-24(29)31)11-2-3-12-26;/h9-10,19-20,28H,1-8,11-17H2;1H. The number of amides is 2. The van der Waals surface area contributed by atoms with Gasteiger partial charge >= 0.3 is 0 Å². The summed E-state index contributed by atoms with van der Waals surface area (Å²) in [6.45, 7) is 1.45. The van der Waals surface area contributed by atoms with Gasteiger partial charge in [0.05, 0.1) is 0 Å². The van der Waals surface area contributed by atoms with Gasteiger partial charge in [0, 0.05) is 37.0 Å². The van der Waals surface area contributed by atoms with Crippen LogP contribution in [0.15, 0.2) is 12.1 Å². The Morgan fingerprint density at radius 2 is 1.81 bits per heavy atom. The van der Waals surface area contributed by atoms with Crippen molar-refractivity contribution in [2.24, 2.45) is 5.41 Å². The highest BCUT2D eigenvalue weighted by atomic mass is 35.5. The SMILES string of the molecule is Cl.O=C1CC2(CCCC2)CC(=O)N1CCCCC1CC2CCCc3ccc(Cl)c(c32)CN1. The van der Waals surface area contributed by atoms with Crippen LogP contribution in [0, 0.1) is 5.41 Å². The lowest BCUT2D eigenvalue weighted by Crippen LogP contribution is -2.47. The molecule has 2 fully saturated rings. The Morgan fingerprint density at radius 3 is 2.56 bits per heavy atom. The number of benzene rings is 1. The zero-order valence-electron chi connectivity index (χ0n) is 19.0. The number of piperidine rings is 1. The molecule has 2 aliphatic carbocycles.